The number of anilines is 1. The minimum Gasteiger partial charge on any atom is -0.491 e. The summed E-state index contributed by atoms with van der Waals surface area (Å²) in [6.45, 7) is 5.84. The molecule has 21 heavy (non-hydrogen) atoms. The average molecular weight is 294 g/mol. The lowest BCUT2D eigenvalue weighted by molar-refractivity contribution is -0.144. The Kier molecular flexibility index (Phi) is 6.02. The summed E-state index contributed by atoms with van der Waals surface area (Å²) in [6, 6.07) is 4.20. The summed E-state index contributed by atoms with van der Waals surface area (Å²) in [5.41, 5.74) is 6.50. The lowest BCUT2D eigenvalue weighted by Gasteiger charge is -2.21. The highest BCUT2D eigenvalue weighted by atomic mass is 16.5. The van der Waals surface area contributed by atoms with Gasteiger partial charge in [0.05, 0.1) is 25.0 Å². The molecular formula is C15H22N2O4. The summed E-state index contributed by atoms with van der Waals surface area (Å²) in [4.78, 5) is 24.1. The number of nitrogens with two attached hydrogens (primary N) is 1. The second kappa shape index (κ2) is 7.52. The predicted molar refractivity (Wildman–Crippen MR) is 80.1 cm³/mol. The molecule has 0 aliphatic carbocycles. The van der Waals surface area contributed by atoms with Crippen LogP contribution in [0.15, 0.2) is 18.2 Å². The number of ether oxygens (including phenoxy) is 2. The highest BCUT2D eigenvalue weighted by Crippen LogP contribution is 2.26. The number of carbonyl (C=O) groups excluding carboxylic acids is 2. The van der Waals surface area contributed by atoms with Crippen molar-refractivity contribution in [3.05, 3.63) is 23.8 Å². The lowest BCUT2D eigenvalue weighted by Crippen LogP contribution is -2.45. The van der Waals surface area contributed by atoms with Crippen LogP contribution in [0.1, 0.15) is 31.1 Å². The summed E-state index contributed by atoms with van der Waals surface area (Å²) >= 11 is 0. The molecule has 0 spiro atoms. The fourth-order valence-corrected chi connectivity index (χ4v) is 1.88. The normalized spacial score (nSPS) is 11.9. The van der Waals surface area contributed by atoms with Crippen LogP contribution < -0.4 is 15.8 Å². The third-order valence-corrected chi connectivity index (χ3v) is 2.99. The minimum atomic E-state index is -0.724. The number of hydrogen-bond acceptors (Lipinski definition) is 5. The van der Waals surface area contributed by atoms with E-state index in [1.807, 2.05) is 13.8 Å². The van der Waals surface area contributed by atoms with Gasteiger partial charge in [-0.15, -0.1) is 0 Å². The van der Waals surface area contributed by atoms with Gasteiger partial charge in [-0.3, -0.25) is 4.79 Å². The first-order valence-corrected chi connectivity index (χ1v) is 6.82. The van der Waals surface area contributed by atoms with Crippen molar-refractivity contribution < 1.29 is 19.1 Å². The van der Waals surface area contributed by atoms with E-state index >= 15 is 0 Å². The van der Waals surface area contributed by atoms with Gasteiger partial charge in [0, 0.05) is 0 Å². The maximum Gasteiger partial charge on any atom is 0.328 e. The van der Waals surface area contributed by atoms with Gasteiger partial charge in [0.15, 0.2) is 5.75 Å². The zero-order chi connectivity index (χ0) is 16.0. The highest BCUT2D eigenvalue weighted by Gasteiger charge is 2.26. The quantitative estimate of drug-likeness (QED) is 0.614. The lowest BCUT2D eigenvalue weighted by atomic mass is 10.0. The second-order valence-electron chi connectivity index (χ2n) is 4.88. The average Bonchev–Trinajstić information content (AvgIpc) is 2.45. The van der Waals surface area contributed by atoms with Gasteiger partial charge in [0.1, 0.15) is 6.04 Å². The van der Waals surface area contributed by atoms with E-state index in [-0.39, 0.29) is 5.92 Å². The molecule has 0 radical (unpaired) electrons. The van der Waals surface area contributed by atoms with E-state index in [2.05, 4.69) is 5.32 Å². The Labute approximate surface area is 124 Å². The van der Waals surface area contributed by atoms with Gasteiger partial charge in [0.25, 0.3) is 5.91 Å². The van der Waals surface area contributed by atoms with Crippen LogP contribution in [0.25, 0.3) is 0 Å². The van der Waals surface area contributed by atoms with Gasteiger partial charge in [-0.1, -0.05) is 19.9 Å². The number of nitrogen functional groups attached to an aromatic ring is 1. The number of para-hydroxylation sites is 1. The molecule has 0 saturated carbocycles. The summed E-state index contributed by atoms with van der Waals surface area (Å²) in [5, 5.41) is 2.66. The van der Waals surface area contributed by atoms with E-state index in [9.17, 15) is 9.59 Å². The summed E-state index contributed by atoms with van der Waals surface area (Å²) in [5.74, 6) is -0.682. The third-order valence-electron chi connectivity index (χ3n) is 2.99. The zero-order valence-corrected chi connectivity index (χ0v) is 12.8. The molecule has 0 aromatic heterocycles. The smallest absolute Gasteiger partial charge is 0.328 e. The van der Waals surface area contributed by atoms with Crippen LogP contribution in [0.3, 0.4) is 0 Å². The van der Waals surface area contributed by atoms with Gasteiger partial charge in [-0.2, -0.15) is 0 Å². The molecule has 1 aromatic rings. The van der Waals surface area contributed by atoms with Crippen molar-refractivity contribution in [1.29, 1.82) is 0 Å². The molecule has 0 saturated heterocycles. The Balaban J connectivity index is 3.03. The van der Waals surface area contributed by atoms with Crippen LogP contribution in [0, 0.1) is 5.92 Å². The number of carbonyl (C=O) groups is 2. The van der Waals surface area contributed by atoms with Crippen molar-refractivity contribution in [3.8, 4) is 5.75 Å². The molecule has 0 bridgehead atoms. The summed E-state index contributed by atoms with van der Waals surface area (Å²) in [7, 11) is 1.29. The molecule has 0 aliphatic rings. The van der Waals surface area contributed by atoms with Crippen molar-refractivity contribution in [3.63, 3.8) is 0 Å². The Bertz CT molecular complexity index is 514. The number of rotatable bonds is 6. The van der Waals surface area contributed by atoms with Crippen LogP contribution in [0.4, 0.5) is 5.69 Å². The minimum absolute atomic E-state index is 0.0991. The van der Waals surface area contributed by atoms with Crippen molar-refractivity contribution in [2.75, 3.05) is 19.5 Å². The molecule has 1 unspecified atom stereocenters. The van der Waals surface area contributed by atoms with Crippen LogP contribution in [0.5, 0.6) is 5.75 Å². The number of amides is 1. The first-order chi connectivity index (χ1) is 9.92. The molecule has 116 valence electrons. The van der Waals surface area contributed by atoms with Crippen molar-refractivity contribution >= 4 is 17.6 Å². The van der Waals surface area contributed by atoms with Crippen molar-refractivity contribution in [2.45, 2.75) is 26.8 Å². The number of hydrogen-bond donors (Lipinski definition) is 2. The highest BCUT2D eigenvalue weighted by molar-refractivity contribution is 6.00. The van der Waals surface area contributed by atoms with E-state index < -0.39 is 17.9 Å². The Hall–Kier alpha value is -2.24. The van der Waals surface area contributed by atoms with Gasteiger partial charge < -0.3 is 20.5 Å². The molecule has 0 fully saturated rings. The van der Waals surface area contributed by atoms with E-state index in [0.29, 0.717) is 23.6 Å². The summed E-state index contributed by atoms with van der Waals surface area (Å²) < 4.78 is 10.1. The molecule has 0 aliphatic heterocycles. The van der Waals surface area contributed by atoms with Gasteiger partial charge >= 0.3 is 5.97 Å². The van der Waals surface area contributed by atoms with Gasteiger partial charge in [-0.25, -0.2) is 4.79 Å². The molecule has 6 heteroatoms. The Morgan fingerprint density at radius 1 is 1.33 bits per heavy atom. The van der Waals surface area contributed by atoms with E-state index in [4.69, 9.17) is 15.2 Å². The van der Waals surface area contributed by atoms with Crippen LogP contribution in [0.2, 0.25) is 0 Å². The number of benzene rings is 1. The SMILES string of the molecule is CCOc1c(N)cccc1C(=O)NC(C(=O)OC)C(C)C. The fourth-order valence-electron chi connectivity index (χ4n) is 1.88. The number of methoxy groups -OCH3 is 1. The van der Waals surface area contributed by atoms with Crippen molar-refractivity contribution in [2.24, 2.45) is 5.92 Å². The standard InChI is InChI=1S/C15H22N2O4/c1-5-21-13-10(7-6-8-11(13)16)14(18)17-12(9(2)3)15(19)20-4/h6-9,12H,5,16H2,1-4H3,(H,17,18). The first-order valence-electron chi connectivity index (χ1n) is 6.82. The van der Waals surface area contributed by atoms with Crippen LogP contribution in [-0.2, 0) is 9.53 Å². The first kappa shape index (κ1) is 16.8. The molecule has 1 atom stereocenters. The maximum absolute atomic E-state index is 12.4. The van der Waals surface area contributed by atoms with Gasteiger partial charge in [-0.05, 0) is 25.0 Å². The van der Waals surface area contributed by atoms with Gasteiger partial charge in [0.2, 0.25) is 0 Å². The second-order valence-corrected chi connectivity index (χ2v) is 4.88. The van der Waals surface area contributed by atoms with Crippen LogP contribution >= 0.6 is 0 Å². The molecule has 3 N–H and O–H groups in total. The molecule has 1 amide bonds. The monoisotopic (exact) mass is 294 g/mol. The molecule has 6 nitrogen and oxygen atoms in total. The molecule has 0 heterocycles. The van der Waals surface area contributed by atoms with Crippen molar-refractivity contribution in [1.82, 2.24) is 5.32 Å². The maximum atomic E-state index is 12.4. The Morgan fingerprint density at radius 3 is 2.52 bits per heavy atom. The molecule has 1 rings (SSSR count). The largest absolute Gasteiger partial charge is 0.491 e. The van der Waals surface area contributed by atoms with E-state index in [1.165, 1.54) is 7.11 Å². The number of nitrogens with one attached hydrogen (secondary N) is 1. The molecular weight excluding hydrogens is 272 g/mol. The predicted octanol–water partition coefficient (Wildman–Crippen LogP) is 1.59. The number of esters is 1. The molecule has 1 aromatic carbocycles. The summed E-state index contributed by atoms with van der Waals surface area (Å²) in [6.07, 6.45) is 0. The van der Waals surface area contributed by atoms with E-state index in [1.54, 1.807) is 25.1 Å². The van der Waals surface area contributed by atoms with E-state index in [0.717, 1.165) is 0 Å². The van der Waals surface area contributed by atoms with Crippen LogP contribution in [-0.4, -0.2) is 31.6 Å². The topological polar surface area (TPSA) is 90.6 Å². The third kappa shape index (κ3) is 4.11. The fraction of sp³-hybridized carbons (Fsp3) is 0.467. The Morgan fingerprint density at radius 2 is 2.00 bits per heavy atom. The zero-order valence-electron chi connectivity index (χ0n) is 12.8.